The number of nitrogens with zero attached hydrogens (tertiary/aromatic N) is 3. The molecule has 16 heavy (non-hydrogen) atoms. The Labute approximate surface area is 97.3 Å². The fourth-order valence-electron chi connectivity index (χ4n) is 1.97. The molecule has 0 aromatic carbocycles. The molecule has 2 aromatic heterocycles. The lowest BCUT2D eigenvalue weighted by molar-refractivity contribution is 0.407. The Kier molecular flexibility index (Phi) is 2.67. The van der Waals surface area contributed by atoms with E-state index in [4.69, 9.17) is 0 Å². The molecule has 1 unspecified atom stereocenters. The zero-order chi connectivity index (χ0) is 10.8. The van der Waals surface area contributed by atoms with Crippen molar-refractivity contribution in [1.29, 1.82) is 0 Å². The summed E-state index contributed by atoms with van der Waals surface area (Å²) in [5, 5.41) is 17.0. The zero-order valence-corrected chi connectivity index (χ0v) is 9.63. The third-order valence-corrected chi connectivity index (χ3v) is 3.71. The molecule has 6 heteroatoms. The molecule has 1 saturated heterocycles. The van der Waals surface area contributed by atoms with Crippen LogP contribution in [0.25, 0.3) is 10.7 Å². The lowest BCUT2D eigenvalue weighted by atomic mass is 10.0. The fraction of sp³-hybridized carbons (Fsp3) is 0.500. The van der Waals surface area contributed by atoms with Gasteiger partial charge in [0.2, 0.25) is 0 Å². The molecule has 0 amide bonds. The summed E-state index contributed by atoms with van der Waals surface area (Å²) in [6, 6.07) is 0.422. The van der Waals surface area contributed by atoms with E-state index in [-0.39, 0.29) is 0 Å². The summed E-state index contributed by atoms with van der Waals surface area (Å²) >= 11 is 1.63. The van der Waals surface area contributed by atoms with E-state index < -0.39 is 0 Å². The van der Waals surface area contributed by atoms with Crippen molar-refractivity contribution in [3.8, 4) is 10.7 Å². The number of thiazole rings is 1. The van der Waals surface area contributed by atoms with Gasteiger partial charge in [0.15, 0.2) is 0 Å². The smallest absolute Gasteiger partial charge is 0.145 e. The topological polar surface area (TPSA) is 66.5 Å². The van der Waals surface area contributed by atoms with Crippen LogP contribution in [0.5, 0.6) is 0 Å². The second-order valence-corrected chi connectivity index (χ2v) is 4.79. The number of H-pyrrole nitrogens is 1. The van der Waals surface area contributed by atoms with E-state index in [1.807, 2.05) is 0 Å². The molecule has 5 nitrogen and oxygen atoms in total. The van der Waals surface area contributed by atoms with Crippen LogP contribution >= 0.6 is 11.3 Å². The second kappa shape index (κ2) is 4.31. The minimum atomic E-state index is 0.422. The molecule has 2 aromatic rings. The molecule has 84 valence electrons. The number of aromatic amines is 1. The van der Waals surface area contributed by atoms with E-state index in [9.17, 15) is 0 Å². The molecule has 0 bridgehead atoms. The summed E-state index contributed by atoms with van der Waals surface area (Å²) < 4.78 is 0. The van der Waals surface area contributed by atoms with Crippen LogP contribution in [0.3, 0.4) is 0 Å². The summed E-state index contributed by atoms with van der Waals surface area (Å²) in [5.74, 6) is 0. The minimum Gasteiger partial charge on any atom is -0.309 e. The molecule has 1 fully saturated rings. The van der Waals surface area contributed by atoms with E-state index in [1.54, 1.807) is 17.5 Å². The van der Waals surface area contributed by atoms with Gasteiger partial charge in [-0.25, -0.2) is 4.98 Å². The van der Waals surface area contributed by atoms with Crippen molar-refractivity contribution in [2.75, 3.05) is 6.54 Å². The molecule has 3 rings (SSSR count). The third kappa shape index (κ3) is 1.85. The molecule has 0 saturated carbocycles. The first-order valence-electron chi connectivity index (χ1n) is 5.48. The highest BCUT2D eigenvalue weighted by Gasteiger charge is 2.18. The number of piperidine rings is 1. The van der Waals surface area contributed by atoms with Gasteiger partial charge in [-0.1, -0.05) is 6.42 Å². The summed E-state index contributed by atoms with van der Waals surface area (Å²) in [7, 11) is 0. The maximum atomic E-state index is 4.61. The van der Waals surface area contributed by atoms with Crippen LogP contribution in [0, 0.1) is 0 Å². The fourth-order valence-corrected chi connectivity index (χ4v) is 2.80. The molecule has 1 aliphatic rings. The highest BCUT2D eigenvalue weighted by molar-refractivity contribution is 7.13. The summed E-state index contributed by atoms with van der Waals surface area (Å²) in [4.78, 5) is 4.61. The van der Waals surface area contributed by atoms with Gasteiger partial charge in [-0.3, -0.25) is 0 Å². The number of nitrogens with one attached hydrogen (secondary N) is 2. The highest BCUT2D eigenvalue weighted by Crippen LogP contribution is 2.27. The molecule has 1 aliphatic heterocycles. The summed E-state index contributed by atoms with van der Waals surface area (Å²) in [6.07, 6.45) is 5.45. The molecule has 2 N–H and O–H groups in total. The predicted octanol–water partition coefficient (Wildman–Crippen LogP) is 1.74. The maximum Gasteiger partial charge on any atom is 0.145 e. The number of rotatable bonds is 2. The number of hydrogen-bond acceptors (Lipinski definition) is 5. The Morgan fingerprint density at radius 2 is 2.38 bits per heavy atom. The molecular formula is C10H13N5S. The number of hydrogen-bond donors (Lipinski definition) is 2. The highest BCUT2D eigenvalue weighted by atomic mass is 32.1. The third-order valence-electron chi connectivity index (χ3n) is 2.82. The standard InChI is InChI=1S/C10H13N5S/c1-2-4-11-7(3-1)9-6-16-10(13-9)8-5-12-15-14-8/h5-7,11H,1-4H2,(H,12,14,15). The minimum absolute atomic E-state index is 0.422. The van der Waals surface area contributed by atoms with Gasteiger partial charge in [0, 0.05) is 5.38 Å². The molecule has 0 radical (unpaired) electrons. The van der Waals surface area contributed by atoms with Crippen LogP contribution in [0.2, 0.25) is 0 Å². The monoisotopic (exact) mass is 235 g/mol. The van der Waals surface area contributed by atoms with Crippen LogP contribution in [0.15, 0.2) is 11.6 Å². The first kappa shape index (κ1) is 9.92. The van der Waals surface area contributed by atoms with Crippen LogP contribution in [-0.2, 0) is 0 Å². The van der Waals surface area contributed by atoms with E-state index in [0.717, 1.165) is 22.9 Å². The van der Waals surface area contributed by atoms with Gasteiger partial charge in [-0.15, -0.1) is 11.3 Å². The van der Waals surface area contributed by atoms with E-state index in [2.05, 4.69) is 31.1 Å². The van der Waals surface area contributed by atoms with Crippen molar-refractivity contribution in [2.24, 2.45) is 0 Å². The Morgan fingerprint density at radius 1 is 1.38 bits per heavy atom. The molecular weight excluding hydrogens is 222 g/mol. The first-order valence-corrected chi connectivity index (χ1v) is 6.36. The van der Waals surface area contributed by atoms with Crippen LogP contribution in [-0.4, -0.2) is 26.9 Å². The Morgan fingerprint density at radius 3 is 3.12 bits per heavy atom. The van der Waals surface area contributed by atoms with Gasteiger partial charge >= 0.3 is 0 Å². The molecule has 1 atom stereocenters. The van der Waals surface area contributed by atoms with Crippen molar-refractivity contribution in [1.82, 2.24) is 25.7 Å². The predicted molar refractivity (Wildman–Crippen MR) is 62.1 cm³/mol. The first-order chi connectivity index (χ1) is 7.93. The zero-order valence-electron chi connectivity index (χ0n) is 8.81. The molecule has 0 spiro atoms. The summed E-state index contributed by atoms with van der Waals surface area (Å²) in [6.45, 7) is 1.10. The van der Waals surface area contributed by atoms with Gasteiger partial charge in [0.25, 0.3) is 0 Å². The van der Waals surface area contributed by atoms with Crippen LogP contribution < -0.4 is 5.32 Å². The van der Waals surface area contributed by atoms with Crippen molar-refractivity contribution in [3.05, 3.63) is 17.3 Å². The Bertz CT molecular complexity index is 443. The Hall–Kier alpha value is -1.27. The van der Waals surface area contributed by atoms with Crippen molar-refractivity contribution in [2.45, 2.75) is 25.3 Å². The average molecular weight is 235 g/mol. The van der Waals surface area contributed by atoms with E-state index in [1.165, 1.54) is 19.3 Å². The van der Waals surface area contributed by atoms with Crippen molar-refractivity contribution >= 4 is 11.3 Å². The van der Waals surface area contributed by atoms with Crippen LogP contribution in [0.1, 0.15) is 31.0 Å². The van der Waals surface area contributed by atoms with Crippen molar-refractivity contribution in [3.63, 3.8) is 0 Å². The van der Waals surface area contributed by atoms with Gasteiger partial charge in [0.1, 0.15) is 10.7 Å². The quantitative estimate of drug-likeness (QED) is 0.832. The van der Waals surface area contributed by atoms with Crippen LogP contribution in [0.4, 0.5) is 0 Å². The second-order valence-electron chi connectivity index (χ2n) is 3.94. The van der Waals surface area contributed by atoms with E-state index >= 15 is 0 Å². The van der Waals surface area contributed by atoms with Gasteiger partial charge in [-0.2, -0.15) is 15.4 Å². The van der Waals surface area contributed by atoms with Crippen molar-refractivity contribution < 1.29 is 0 Å². The van der Waals surface area contributed by atoms with Gasteiger partial charge < -0.3 is 5.32 Å². The normalized spacial score (nSPS) is 21.1. The van der Waals surface area contributed by atoms with E-state index in [0.29, 0.717) is 6.04 Å². The molecule has 0 aliphatic carbocycles. The average Bonchev–Trinajstić information content (AvgIpc) is 3.01. The largest absolute Gasteiger partial charge is 0.309 e. The summed E-state index contributed by atoms with van der Waals surface area (Å²) in [5.41, 5.74) is 1.97. The lowest BCUT2D eigenvalue weighted by Gasteiger charge is -2.21. The molecule has 3 heterocycles. The SMILES string of the molecule is c1n[nH]nc1-c1nc(C2CCCCN2)cs1. The van der Waals surface area contributed by atoms with Gasteiger partial charge in [0.05, 0.1) is 17.9 Å². The Balaban J connectivity index is 1.82. The number of aromatic nitrogens is 4. The van der Waals surface area contributed by atoms with Gasteiger partial charge in [-0.05, 0) is 19.4 Å². The lowest BCUT2D eigenvalue weighted by Crippen LogP contribution is -2.26. The maximum absolute atomic E-state index is 4.61.